The number of pyridine rings is 1. The molecule has 0 aliphatic carbocycles. The van der Waals surface area contributed by atoms with E-state index < -0.39 is 0 Å². The molecule has 2 aliphatic rings. The maximum absolute atomic E-state index is 13.0. The van der Waals surface area contributed by atoms with Crippen LogP contribution in [0.4, 0.5) is 11.4 Å². The van der Waals surface area contributed by atoms with Crippen molar-refractivity contribution in [1.82, 2.24) is 4.98 Å². The van der Waals surface area contributed by atoms with Crippen LogP contribution in [0.15, 0.2) is 54.2 Å². The van der Waals surface area contributed by atoms with Gasteiger partial charge in [-0.1, -0.05) is 25.1 Å². The van der Waals surface area contributed by atoms with Gasteiger partial charge in [0.2, 0.25) is 0 Å². The molecule has 118 valence electrons. The molecule has 0 amide bonds. The zero-order chi connectivity index (χ0) is 16.1. The fourth-order valence-electron chi connectivity index (χ4n) is 3.33. The summed E-state index contributed by atoms with van der Waals surface area (Å²) in [5.74, 6) is 0.0694. The van der Waals surface area contributed by atoms with E-state index in [0.29, 0.717) is 11.4 Å². The van der Waals surface area contributed by atoms with Crippen molar-refractivity contribution < 1.29 is 10.4 Å². The van der Waals surface area contributed by atoms with Gasteiger partial charge < -0.3 is 10.3 Å². The molecular formula is C17H18N4O2. The molecule has 3 heterocycles. The van der Waals surface area contributed by atoms with Gasteiger partial charge in [0.05, 0.1) is 6.20 Å². The van der Waals surface area contributed by atoms with Gasteiger partial charge in [-0.3, -0.25) is 4.98 Å². The number of aryl methyl sites for hydroxylation is 1. The van der Waals surface area contributed by atoms with Crippen molar-refractivity contribution in [2.45, 2.75) is 20.3 Å². The maximum atomic E-state index is 13.0. The van der Waals surface area contributed by atoms with E-state index in [-0.39, 0.29) is 17.1 Å². The number of nitrogens with zero attached hydrogens (tertiary/aromatic N) is 3. The number of aliphatic hydroxyl groups excluding tert-OH is 1. The molecule has 0 spiro atoms. The van der Waals surface area contributed by atoms with Gasteiger partial charge in [0, 0.05) is 11.6 Å². The fourth-order valence-corrected chi connectivity index (χ4v) is 3.33. The number of para-hydroxylation sites is 1. The third-order valence-electron chi connectivity index (χ3n) is 4.44. The Balaban J connectivity index is 1.84. The molecule has 2 aromatic rings. The summed E-state index contributed by atoms with van der Waals surface area (Å²) < 4.78 is 0. The number of rotatable bonds is 1. The molecule has 2 unspecified atom stereocenters. The third-order valence-corrected chi connectivity index (χ3v) is 4.44. The summed E-state index contributed by atoms with van der Waals surface area (Å²) in [4.78, 5) is 4.23. The molecule has 1 aromatic carbocycles. The Kier molecular flexibility index (Phi) is 3.04. The SMILES string of the molecule is Cc1ccc(N2C(O)=C3C(C)Cc4ccccc4N3[NH+]2[O-])cn1. The lowest BCUT2D eigenvalue weighted by Gasteiger charge is -2.37. The highest BCUT2D eigenvalue weighted by Crippen LogP contribution is 2.38. The molecule has 0 radical (unpaired) electrons. The van der Waals surface area contributed by atoms with Crippen LogP contribution in [0.25, 0.3) is 0 Å². The Morgan fingerprint density at radius 2 is 2.00 bits per heavy atom. The number of fused-ring (bicyclic) bond motifs is 3. The van der Waals surface area contributed by atoms with E-state index >= 15 is 0 Å². The second-order valence-electron chi connectivity index (χ2n) is 6.05. The Morgan fingerprint density at radius 1 is 1.22 bits per heavy atom. The molecule has 1 aromatic heterocycles. The molecule has 2 aliphatic heterocycles. The molecule has 6 heteroatoms. The minimum absolute atomic E-state index is 0.00246. The number of quaternary nitrogens is 1. The predicted molar refractivity (Wildman–Crippen MR) is 87.2 cm³/mol. The summed E-state index contributed by atoms with van der Waals surface area (Å²) in [6.45, 7) is 3.91. The van der Waals surface area contributed by atoms with Crippen LogP contribution in [0.2, 0.25) is 0 Å². The Morgan fingerprint density at radius 3 is 2.74 bits per heavy atom. The number of anilines is 2. The van der Waals surface area contributed by atoms with Gasteiger partial charge in [0.25, 0.3) is 5.88 Å². The van der Waals surface area contributed by atoms with Crippen LogP contribution in [-0.2, 0) is 6.42 Å². The zero-order valence-electron chi connectivity index (χ0n) is 13.0. The van der Waals surface area contributed by atoms with Gasteiger partial charge in [-0.15, -0.1) is 5.01 Å². The van der Waals surface area contributed by atoms with Gasteiger partial charge in [0.15, 0.2) is 0 Å². The lowest BCUT2D eigenvalue weighted by Crippen LogP contribution is -3.19. The largest absolute Gasteiger partial charge is 0.581 e. The van der Waals surface area contributed by atoms with Crippen LogP contribution in [-0.4, -0.2) is 10.1 Å². The number of hydrogen-bond acceptors (Lipinski definition) is 5. The summed E-state index contributed by atoms with van der Waals surface area (Å²) in [5.41, 5.74) is 4.07. The molecule has 6 nitrogen and oxygen atoms in total. The molecule has 4 rings (SSSR count). The Hall–Kier alpha value is -2.57. The topological polar surface area (TPSA) is 67.1 Å². The van der Waals surface area contributed by atoms with Crippen LogP contribution in [0.1, 0.15) is 18.2 Å². The normalized spacial score (nSPS) is 23.1. The first kappa shape index (κ1) is 14.0. The first-order chi connectivity index (χ1) is 11.1. The van der Waals surface area contributed by atoms with E-state index in [4.69, 9.17) is 0 Å². The number of aliphatic hydroxyl groups is 1. The average molecular weight is 310 g/mol. The second-order valence-corrected chi connectivity index (χ2v) is 6.05. The van der Waals surface area contributed by atoms with E-state index in [9.17, 15) is 10.3 Å². The monoisotopic (exact) mass is 310 g/mol. The molecule has 2 N–H and O–H groups in total. The first-order valence-corrected chi connectivity index (χ1v) is 7.66. The third kappa shape index (κ3) is 1.99. The van der Waals surface area contributed by atoms with E-state index in [1.165, 1.54) is 5.01 Å². The number of allylic oxidation sites excluding steroid dienone is 1. The quantitative estimate of drug-likeness (QED) is 0.787. The highest BCUT2D eigenvalue weighted by molar-refractivity contribution is 5.62. The van der Waals surface area contributed by atoms with Crippen molar-refractivity contribution in [3.05, 3.63) is 70.6 Å². The highest BCUT2D eigenvalue weighted by Gasteiger charge is 2.44. The highest BCUT2D eigenvalue weighted by atomic mass is 16.6. The molecule has 0 bridgehead atoms. The minimum atomic E-state index is -0.262. The lowest BCUT2D eigenvalue weighted by molar-refractivity contribution is -0.854. The van der Waals surface area contributed by atoms with Crippen molar-refractivity contribution in [3.63, 3.8) is 0 Å². The predicted octanol–water partition coefficient (Wildman–Crippen LogP) is 1.85. The Bertz CT molecular complexity index is 787. The van der Waals surface area contributed by atoms with Crippen LogP contribution in [0, 0.1) is 18.0 Å². The summed E-state index contributed by atoms with van der Waals surface area (Å²) in [6.07, 6.45) is 2.42. The van der Waals surface area contributed by atoms with E-state index in [0.717, 1.165) is 23.4 Å². The van der Waals surface area contributed by atoms with Gasteiger partial charge in [0.1, 0.15) is 17.1 Å². The fraction of sp³-hybridized carbons (Fsp3) is 0.235. The first-order valence-electron chi connectivity index (χ1n) is 7.66. The van der Waals surface area contributed by atoms with Crippen molar-refractivity contribution in [1.29, 1.82) is 0 Å². The summed E-state index contributed by atoms with van der Waals surface area (Å²) >= 11 is 0. The summed E-state index contributed by atoms with van der Waals surface area (Å²) in [5, 5.41) is 26.4. The summed E-state index contributed by atoms with van der Waals surface area (Å²) in [6, 6.07) is 11.5. The van der Waals surface area contributed by atoms with Crippen molar-refractivity contribution in [2.24, 2.45) is 5.92 Å². The number of aromatic nitrogens is 1. The summed E-state index contributed by atoms with van der Waals surface area (Å²) in [7, 11) is 0. The van der Waals surface area contributed by atoms with E-state index in [2.05, 4.69) is 4.98 Å². The number of hydrogen-bond donors (Lipinski definition) is 2. The van der Waals surface area contributed by atoms with Gasteiger partial charge in [-0.05, 0) is 37.1 Å². The number of benzene rings is 1. The molecule has 0 fully saturated rings. The van der Waals surface area contributed by atoms with Crippen LogP contribution in [0.5, 0.6) is 0 Å². The standard InChI is InChI=1S/C17H18N4O2/c1-11-9-13-5-3-4-6-15(13)20-16(11)17(22)19(21(20)23)14-8-7-12(2)18-10-14/h3-8,10-11,21-22H,9H2,1-2H3. The molecule has 2 atom stereocenters. The van der Waals surface area contributed by atoms with Gasteiger partial charge >= 0.3 is 0 Å². The number of nitrogens with one attached hydrogen (secondary N) is 1. The van der Waals surface area contributed by atoms with Gasteiger partial charge in [-0.25, -0.2) is 0 Å². The second kappa shape index (κ2) is 4.97. The molecular weight excluding hydrogens is 292 g/mol. The maximum Gasteiger partial charge on any atom is 0.268 e. The smallest absolute Gasteiger partial charge is 0.268 e. The van der Waals surface area contributed by atoms with Crippen LogP contribution >= 0.6 is 0 Å². The average Bonchev–Trinajstić information content (AvgIpc) is 2.81. The van der Waals surface area contributed by atoms with E-state index in [1.54, 1.807) is 17.3 Å². The van der Waals surface area contributed by atoms with Crippen LogP contribution < -0.4 is 15.3 Å². The van der Waals surface area contributed by atoms with Crippen molar-refractivity contribution in [2.75, 3.05) is 10.0 Å². The van der Waals surface area contributed by atoms with Crippen molar-refractivity contribution in [3.8, 4) is 0 Å². The molecule has 23 heavy (non-hydrogen) atoms. The molecule has 0 saturated heterocycles. The minimum Gasteiger partial charge on any atom is -0.581 e. The molecule has 0 saturated carbocycles. The lowest BCUT2D eigenvalue weighted by atomic mass is 9.92. The van der Waals surface area contributed by atoms with Crippen LogP contribution in [0.3, 0.4) is 0 Å². The van der Waals surface area contributed by atoms with Crippen molar-refractivity contribution >= 4 is 11.4 Å². The zero-order valence-corrected chi connectivity index (χ0v) is 13.0. The Labute approximate surface area is 134 Å². The van der Waals surface area contributed by atoms with Gasteiger partial charge in [-0.2, -0.15) is 10.3 Å². The van der Waals surface area contributed by atoms with E-state index in [1.807, 2.05) is 44.2 Å².